The van der Waals surface area contributed by atoms with Gasteiger partial charge in [0.05, 0.1) is 42.6 Å². The summed E-state index contributed by atoms with van der Waals surface area (Å²) in [5.74, 6) is -2.17. The Bertz CT molecular complexity index is 1220. The molecule has 0 bridgehead atoms. The minimum Gasteiger partial charge on any atom is -0.484 e. The van der Waals surface area contributed by atoms with Crippen LogP contribution in [0.3, 0.4) is 0 Å². The van der Waals surface area contributed by atoms with Crippen molar-refractivity contribution in [2.24, 2.45) is 0 Å². The maximum atomic E-state index is 12.9. The van der Waals surface area contributed by atoms with E-state index in [0.29, 0.717) is 5.69 Å². The number of esters is 2. The number of methoxy groups -OCH3 is 2. The third kappa shape index (κ3) is 6.69. The summed E-state index contributed by atoms with van der Waals surface area (Å²) in [5, 5.41) is 5.58. The molecule has 0 aliphatic heterocycles. The van der Waals surface area contributed by atoms with Crippen molar-refractivity contribution in [3.63, 3.8) is 0 Å². The molecule has 0 aliphatic rings. The molecule has 2 N–H and O–H groups in total. The summed E-state index contributed by atoms with van der Waals surface area (Å²) in [6.45, 7) is 1.43. The third-order valence-electron chi connectivity index (χ3n) is 5.21. The third-order valence-corrected chi connectivity index (χ3v) is 5.21. The summed E-state index contributed by atoms with van der Waals surface area (Å²) in [6.07, 6.45) is 0. The monoisotopic (exact) mass is 490 g/mol. The summed E-state index contributed by atoms with van der Waals surface area (Å²) in [7, 11) is 2.41. The van der Waals surface area contributed by atoms with Crippen molar-refractivity contribution in [2.75, 3.05) is 26.1 Å². The summed E-state index contributed by atoms with van der Waals surface area (Å²) in [6, 6.07) is 19.8. The number of carbonyl (C=O) groups excluding carboxylic acids is 4. The normalized spacial score (nSPS) is 11.1. The Morgan fingerprint density at radius 1 is 0.806 bits per heavy atom. The lowest BCUT2D eigenvalue weighted by molar-refractivity contribution is -0.118. The van der Waals surface area contributed by atoms with Gasteiger partial charge in [0.2, 0.25) is 0 Å². The first-order valence-electron chi connectivity index (χ1n) is 11.0. The summed E-state index contributed by atoms with van der Waals surface area (Å²) < 4.78 is 14.9. The molecule has 0 saturated carbocycles. The Labute approximate surface area is 208 Å². The molecule has 0 saturated heterocycles. The highest BCUT2D eigenvalue weighted by molar-refractivity contribution is 6.04. The van der Waals surface area contributed by atoms with Crippen molar-refractivity contribution in [1.82, 2.24) is 5.32 Å². The fourth-order valence-electron chi connectivity index (χ4n) is 3.38. The average molecular weight is 491 g/mol. The second-order valence-electron chi connectivity index (χ2n) is 7.72. The molecule has 0 radical (unpaired) electrons. The van der Waals surface area contributed by atoms with Gasteiger partial charge in [-0.2, -0.15) is 0 Å². The van der Waals surface area contributed by atoms with Gasteiger partial charge in [-0.3, -0.25) is 9.59 Å². The van der Waals surface area contributed by atoms with Crippen molar-refractivity contribution in [3.8, 4) is 5.75 Å². The zero-order valence-electron chi connectivity index (χ0n) is 20.1. The predicted octanol–water partition coefficient (Wildman–Crippen LogP) is 3.77. The molecule has 3 rings (SSSR count). The number of carbonyl (C=O) groups is 4. The van der Waals surface area contributed by atoms with Crippen molar-refractivity contribution in [1.29, 1.82) is 0 Å². The van der Waals surface area contributed by atoms with Gasteiger partial charge < -0.3 is 24.8 Å². The highest BCUT2D eigenvalue weighted by Crippen LogP contribution is 2.21. The molecule has 0 fully saturated rings. The first-order chi connectivity index (χ1) is 17.3. The zero-order valence-corrected chi connectivity index (χ0v) is 20.1. The first-order valence-corrected chi connectivity index (χ1v) is 11.0. The molecule has 0 aliphatic carbocycles. The molecule has 9 heteroatoms. The Morgan fingerprint density at radius 3 is 2.00 bits per heavy atom. The van der Waals surface area contributed by atoms with Crippen LogP contribution >= 0.6 is 0 Å². The number of rotatable bonds is 9. The van der Waals surface area contributed by atoms with Gasteiger partial charge >= 0.3 is 11.9 Å². The number of hydrogen-bond donors (Lipinski definition) is 2. The zero-order chi connectivity index (χ0) is 26.1. The van der Waals surface area contributed by atoms with Crippen LogP contribution in [0.1, 0.15) is 49.6 Å². The fourth-order valence-corrected chi connectivity index (χ4v) is 3.38. The van der Waals surface area contributed by atoms with E-state index in [1.54, 1.807) is 24.3 Å². The lowest BCUT2D eigenvalue weighted by Gasteiger charge is -2.16. The number of para-hydroxylation sites is 1. The van der Waals surface area contributed by atoms with Crippen LogP contribution in [0.15, 0.2) is 72.8 Å². The molecule has 36 heavy (non-hydrogen) atoms. The average Bonchev–Trinajstić information content (AvgIpc) is 2.91. The Hall–Kier alpha value is -4.66. The summed E-state index contributed by atoms with van der Waals surface area (Å²) in [4.78, 5) is 49.4. The minimum absolute atomic E-state index is 0.0605. The molecule has 0 spiro atoms. The van der Waals surface area contributed by atoms with Gasteiger partial charge in [0, 0.05) is 0 Å². The molecule has 3 aromatic rings. The fraction of sp³-hybridized carbons (Fsp3) is 0.185. The Balaban J connectivity index is 1.69. The second-order valence-corrected chi connectivity index (χ2v) is 7.72. The topological polar surface area (TPSA) is 120 Å². The van der Waals surface area contributed by atoms with Crippen molar-refractivity contribution in [3.05, 3.63) is 95.1 Å². The van der Waals surface area contributed by atoms with Crippen LogP contribution < -0.4 is 15.4 Å². The van der Waals surface area contributed by atoms with Gasteiger partial charge in [0.25, 0.3) is 11.8 Å². The van der Waals surface area contributed by atoms with Crippen molar-refractivity contribution in [2.45, 2.75) is 13.0 Å². The standard InChI is InChI=1S/C27H26N2O7/c1-17(18-9-5-4-6-10-18)28-25(31)22-11-7-8-12-23(22)29-24(30)16-36-21-14-19(26(32)34-2)13-20(15-21)27(33)35-3/h4-15,17H,16H2,1-3H3,(H,28,31)(H,29,30). The largest absolute Gasteiger partial charge is 0.484 e. The molecule has 1 atom stereocenters. The number of benzene rings is 3. The molecular weight excluding hydrogens is 464 g/mol. The smallest absolute Gasteiger partial charge is 0.338 e. The lowest BCUT2D eigenvalue weighted by Crippen LogP contribution is -2.28. The summed E-state index contributed by atoms with van der Waals surface area (Å²) >= 11 is 0. The van der Waals surface area contributed by atoms with Crippen LogP contribution in [0.5, 0.6) is 5.75 Å². The Kier molecular flexibility index (Phi) is 8.77. The molecule has 3 aromatic carbocycles. The molecule has 2 amide bonds. The summed E-state index contributed by atoms with van der Waals surface area (Å²) in [5.41, 5.74) is 1.66. The van der Waals surface area contributed by atoms with E-state index in [-0.39, 0.29) is 34.4 Å². The second kappa shape index (κ2) is 12.2. The van der Waals surface area contributed by atoms with E-state index in [1.807, 2.05) is 37.3 Å². The van der Waals surface area contributed by atoms with E-state index >= 15 is 0 Å². The van der Waals surface area contributed by atoms with E-state index in [2.05, 4.69) is 10.6 Å². The van der Waals surface area contributed by atoms with Crippen LogP contribution in [-0.4, -0.2) is 44.6 Å². The number of hydrogen-bond acceptors (Lipinski definition) is 7. The first kappa shape index (κ1) is 26.0. The predicted molar refractivity (Wildman–Crippen MR) is 132 cm³/mol. The van der Waals surface area contributed by atoms with E-state index < -0.39 is 24.5 Å². The molecular formula is C27H26N2O7. The highest BCUT2D eigenvalue weighted by atomic mass is 16.5. The number of anilines is 1. The van der Waals surface area contributed by atoms with Gasteiger partial charge in [0.15, 0.2) is 6.61 Å². The minimum atomic E-state index is -0.681. The number of nitrogens with one attached hydrogen (secondary N) is 2. The Morgan fingerprint density at radius 2 is 1.39 bits per heavy atom. The van der Waals surface area contributed by atoms with Gasteiger partial charge in [-0.1, -0.05) is 42.5 Å². The van der Waals surface area contributed by atoms with Gasteiger partial charge in [-0.05, 0) is 42.8 Å². The number of ether oxygens (including phenoxy) is 3. The lowest BCUT2D eigenvalue weighted by atomic mass is 10.1. The molecule has 9 nitrogen and oxygen atoms in total. The molecule has 0 heterocycles. The van der Waals surface area contributed by atoms with Crippen molar-refractivity contribution < 1.29 is 33.4 Å². The molecule has 0 aromatic heterocycles. The van der Waals surface area contributed by atoms with E-state index in [1.165, 1.54) is 32.4 Å². The van der Waals surface area contributed by atoms with Crippen LogP contribution in [0, 0.1) is 0 Å². The van der Waals surface area contributed by atoms with Gasteiger partial charge in [-0.15, -0.1) is 0 Å². The van der Waals surface area contributed by atoms with Crippen LogP contribution in [-0.2, 0) is 14.3 Å². The van der Waals surface area contributed by atoms with Crippen LogP contribution in [0.2, 0.25) is 0 Å². The van der Waals surface area contributed by atoms with E-state index in [0.717, 1.165) is 5.56 Å². The SMILES string of the molecule is COC(=O)c1cc(OCC(=O)Nc2ccccc2C(=O)NC(C)c2ccccc2)cc(C(=O)OC)c1. The molecule has 186 valence electrons. The van der Waals surface area contributed by atoms with Crippen LogP contribution in [0.4, 0.5) is 5.69 Å². The number of amides is 2. The quantitative estimate of drug-likeness (QED) is 0.438. The maximum Gasteiger partial charge on any atom is 0.338 e. The molecule has 1 unspecified atom stereocenters. The van der Waals surface area contributed by atoms with Gasteiger partial charge in [0.1, 0.15) is 5.75 Å². The maximum absolute atomic E-state index is 12.9. The van der Waals surface area contributed by atoms with Crippen molar-refractivity contribution >= 4 is 29.4 Å². The van der Waals surface area contributed by atoms with E-state index in [9.17, 15) is 19.2 Å². The van der Waals surface area contributed by atoms with E-state index in [4.69, 9.17) is 14.2 Å². The van der Waals surface area contributed by atoms with Crippen LogP contribution in [0.25, 0.3) is 0 Å². The van der Waals surface area contributed by atoms with Gasteiger partial charge in [-0.25, -0.2) is 9.59 Å². The highest BCUT2D eigenvalue weighted by Gasteiger charge is 2.18.